The molecule has 0 aliphatic rings. The fourth-order valence-corrected chi connectivity index (χ4v) is 2.71. The first kappa shape index (κ1) is 19.8. The molecule has 0 spiro atoms. The highest BCUT2D eigenvalue weighted by Crippen LogP contribution is 2.35. The lowest BCUT2D eigenvalue weighted by Crippen LogP contribution is -2.21. The van der Waals surface area contributed by atoms with Crippen molar-refractivity contribution in [2.45, 2.75) is 52.4 Å². The van der Waals surface area contributed by atoms with Gasteiger partial charge in [0.1, 0.15) is 0 Å². The summed E-state index contributed by atoms with van der Waals surface area (Å²) in [5, 5.41) is 6.47. The lowest BCUT2D eigenvalue weighted by Gasteiger charge is -2.19. The molecule has 0 aliphatic carbocycles. The Balaban J connectivity index is 1.90. The largest absolute Gasteiger partial charge is 0.436 e. The summed E-state index contributed by atoms with van der Waals surface area (Å²) in [5.41, 5.74) is 1.80. The maximum Gasteiger partial charge on any atom is 0.436 e. The molecule has 138 valence electrons. The molecule has 3 nitrogen and oxygen atoms in total. The van der Waals surface area contributed by atoms with Crippen LogP contribution in [0.15, 0.2) is 24.3 Å². The fraction of sp³-hybridized carbons (Fsp3) is 0.500. The van der Waals surface area contributed by atoms with Gasteiger partial charge in [-0.1, -0.05) is 56.6 Å². The van der Waals surface area contributed by atoms with Crippen molar-refractivity contribution in [1.29, 1.82) is 0 Å². The number of nitrogens with zero attached hydrogens (tertiary/aromatic N) is 2. The van der Waals surface area contributed by atoms with Gasteiger partial charge in [0.25, 0.3) is 0 Å². The van der Waals surface area contributed by atoms with Gasteiger partial charge < -0.3 is 5.32 Å². The van der Waals surface area contributed by atoms with Gasteiger partial charge >= 0.3 is 6.18 Å². The van der Waals surface area contributed by atoms with Gasteiger partial charge in [-0.05, 0) is 23.5 Å². The Labute approximate surface area is 151 Å². The molecule has 2 rings (SSSR count). The number of rotatable bonds is 5. The topological polar surface area (TPSA) is 29.9 Å². The highest BCUT2D eigenvalue weighted by Gasteiger charge is 2.38. The summed E-state index contributed by atoms with van der Waals surface area (Å²) in [5.74, 6) is 0. The summed E-state index contributed by atoms with van der Waals surface area (Å²) in [6.45, 7) is 9.48. The van der Waals surface area contributed by atoms with E-state index in [4.69, 9.17) is 11.6 Å². The highest BCUT2D eigenvalue weighted by molar-refractivity contribution is 6.31. The third-order valence-electron chi connectivity index (χ3n) is 4.05. The van der Waals surface area contributed by atoms with E-state index < -0.39 is 11.9 Å². The molecular weight excluding hydrogens is 351 g/mol. The summed E-state index contributed by atoms with van der Waals surface area (Å²) in [7, 11) is 0. The third-order valence-corrected chi connectivity index (χ3v) is 4.50. The molecule has 1 aromatic heterocycles. The molecule has 1 heterocycles. The minimum absolute atomic E-state index is 0.110. The standard InChI is InChI=1S/C18H23ClF3N3/c1-12-15(19)16(18(20,21)22)24-25(12)10-9-23-11-13-5-7-14(8-6-13)17(2,3)4/h5-8,23H,9-11H2,1-4H3. The quantitative estimate of drug-likeness (QED) is 0.751. The minimum atomic E-state index is -4.53. The van der Waals surface area contributed by atoms with Gasteiger partial charge in [0, 0.05) is 13.1 Å². The maximum atomic E-state index is 12.8. The van der Waals surface area contributed by atoms with Crippen LogP contribution in [0.1, 0.15) is 43.3 Å². The lowest BCUT2D eigenvalue weighted by atomic mass is 9.87. The molecule has 25 heavy (non-hydrogen) atoms. The van der Waals surface area contributed by atoms with Crippen LogP contribution >= 0.6 is 11.6 Å². The van der Waals surface area contributed by atoms with E-state index in [0.29, 0.717) is 25.3 Å². The Kier molecular flexibility index (Phi) is 5.84. The zero-order chi connectivity index (χ0) is 18.8. The van der Waals surface area contributed by atoms with Crippen molar-refractivity contribution in [1.82, 2.24) is 15.1 Å². The molecule has 0 saturated carbocycles. The van der Waals surface area contributed by atoms with Crippen LogP contribution in [0.3, 0.4) is 0 Å². The van der Waals surface area contributed by atoms with Crippen LogP contribution in [0.2, 0.25) is 5.02 Å². The Morgan fingerprint density at radius 2 is 1.72 bits per heavy atom. The molecule has 0 saturated heterocycles. The van der Waals surface area contributed by atoms with Crippen molar-refractivity contribution >= 4 is 11.6 Å². The van der Waals surface area contributed by atoms with Gasteiger partial charge in [0.05, 0.1) is 17.3 Å². The molecule has 0 atom stereocenters. The van der Waals surface area contributed by atoms with Crippen molar-refractivity contribution in [3.8, 4) is 0 Å². The number of alkyl halides is 3. The Morgan fingerprint density at radius 1 is 1.12 bits per heavy atom. The minimum Gasteiger partial charge on any atom is -0.311 e. The number of hydrogen-bond acceptors (Lipinski definition) is 2. The highest BCUT2D eigenvalue weighted by atomic mass is 35.5. The summed E-state index contributed by atoms with van der Waals surface area (Å²) in [4.78, 5) is 0. The van der Waals surface area contributed by atoms with Gasteiger partial charge in [-0.3, -0.25) is 4.68 Å². The third kappa shape index (κ3) is 4.98. The molecule has 2 aromatic rings. The van der Waals surface area contributed by atoms with Gasteiger partial charge in [0.2, 0.25) is 0 Å². The van der Waals surface area contributed by atoms with Gasteiger partial charge in [-0.25, -0.2) is 0 Å². The molecule has 0 aliphatic heterocycles. The van der Waals surface area contributed by atoms with Crippen molar-refractivity contribution < 1.29 is 13.2 Å². The Morgan fingerprint density at radius 3 is 2.20 bits per heavy atom. The van der Waals surface area contributed by atoms with E-state index in [1.807, 2.05) is 0 Å². The van der Waals surface area contributed by atoms with Crippen LogP contribution in [-0.4, -0.2) is 16.3 Å². The first-order valence-corrected chi connectivity index (χ1v) is 8.48. The number of nitrogens with one attached hydrogen (secondary N) is 1. The van der Waals surface area contributed by atoms with Crippen LogP contribution in [0.5, 0.6) is 0 Å². The smallest absolute Gasteiger partial charge is 0.311 e. The second-order valence-electron chi connectivity index (χ2n) is 7.09. The van der Waals surface area contributed by atoms with Crippen LogP contribution in [0.4, 0.5) is 13.2 Å². The van der Waals surface area contributed by atoms with E-state index >= 15 is 0 Å². The van der Waals surface area contributed by atoms with E-state index in [1.54, 1.807) is 0 Å². The van der Waals surface area contributed by atoms with Gasteiger partial charge in [-0.2, -0.15) is 18.3 Å². The molecule has 7 heteroatoms. The zero-order valence-electron chi connectivity index (χ0n) is 14.8. The summed E-state index contributed by atoms with van der Waals surface area (Å²) in [6, 6.07) is 8.32. The van der Waals surface area contributed by atoms with Crippen molar-refractivity contribution in [2.24, 2.45) is 0 Å². The first-order chi connectivity index (χ1) is 11.5. The first-order valence-electron chi connectivity index (χ1n) is 8.10. The Hall–Kier alpha value is -1.53. The fourth-order valence-electron chi connectivity index (χ4n) is 2.46. The number of benzene rings is 1. The number of hydrogen-bond donors (Lipinski definition) is 1. The predicted octanol–water partition coefficient (Wildman–Crippen LogP) is 4.95. The Bertz CT molecular complexity index is 713. The van der Waals surface area contributed by atoms with E-state index in [0.717, 1.165) is 5.56 Å². The molecule has 0 fully saturated rings. The van der Waals surface area contributed by atoms with Crippen molar-refractivity contribution in [2.75, 3.05) is 6.54 Å². The van der Waals surface area contributed by atoms with Crippen LogP contribution in [0.25, 0.3) is 0 Å². The van der Waals surface area contributed by atoms with E-state index in [-0.39, 0.29) is 10.4 Å². The molecule has 0 radical (unpaired) electrons. The monoisotopic (exact) mass is 373 g/mol. The molecule has 0 unspecified atom stereocenters. The summed E-state index contributed by atoms with van der Waals surface area (Å²) < 4.78 is 39.7. The SMILES string of the molecule is Cc1c(Cl)c(C(F)(F)F)nn1CCNCc1ccc(C(C)(C)C)cc1. The van der Waals surface area contributed by atoms with E-state index in [1.165, 1.54) is 17.2 Å². The summed E-state index contributed by atoms with van der Waals surface area (Å²) >= 11 is 5.74. The normalized spacial score (nSPS) is 12.6. The second kappa shape index (κ2) is 7.38. The maximum absolute atomic E-state index is 12.8. The molecule has 0 amide bonds. The molecular formula is C18H23ClF3N3. The molecule has 0 bridgehead atoms. The van der Waals surface area contributed by atoms with Crippen molar-refractivity contribution in [3.05, 3.63) is 51.8 Å². The van der Waals surface area contributed by atoms with Crippen LogP contribution < -0.4 is 5.32 Å². The van der Waals surface area contributed by atoms with Crippen LogP contribution in [0, 0.1) is 6.92 Å². The zero-order valence-corrected chi connectivity index (χ0v) is 15.6. The molecule has 1 N–H and O–H groups in total. The lowest BCUT2D eigenvalue weighted by molar-refractivity contribution is -0.141. The predicted molar refractivity (Wildman–Crippen MR) is 93.8 cm³/mol. The second-order valence-corrected chi connectivity index (χ2v) is 7.47. The van der Waals surface area contributed by atoms with E-state index in [9.17, 15) is 13.2 Å². The van der Waals surface area contributed by atoms with Crippen molar-refractivity contribution in [3.63, 3.8) is 0 Å². The average molecular weight is 374 g/mol. The molecule has 1 aromatic carbocycles. The van der Waals surface area contributed by atoms with Gasteiger partial charge in [0.15, 0.2) is 5.69 Å². The number of aromatic nitrogens is 2. The van der Waals surface area contributed by atoms with E-state index in [2.05, 4.69) is 55.5 Å². The van der Waals surface area contributed by atoms with Gasteiger partial charge in [-0.15, -0.1) is 0 Å². The number of halogens is 4. The summed E-state index contributed by atoms with van der Waals surface area (Å²) in [6.07, 6.45) is -4.53. The average Bonchev–Trinajstić information content (AvgIpc) is 2.79. The van der Waals surface area contributed by atoms with Crippen LogP contribution in [-0.2, 0) is 24.7 Å².